The summed E-state index contributed by atoms with van der Waals surface area (Å²) in [7, 11) is -3.41. The first-order chi connectivity index (χ1) is 7.20. The van der Waals surface area contributed by atoms with Gasteiger partial charge in [-0.1, -0.05) is 20.8 Å². The maximum atomic E-state index is 11.8. The molecular formula is C10H17N3O2S. The second-order valence-electron chi connectivity index (χ2n) is 4.86. The minimum Gasteiger partial charge on any atom is -0.396 e. The highest BCUT2D eigenvalue weighted by Gasteiger charge is 2.22. The van der Waals surface area contributed by atoms with Gasteiger partial charge in [-0.3, -0.25) is 4.72 Å². The van der Waals surface area contributed by atoms with Gasteiger partial charge in [-0.05, 0) is 17.5 Å². The fourth-order valence-corrected chi connectivity index (χ4v) is 2.93. The maximum Gasteiger partial charge on any atom is 0.234 e. The zero-order valence-electron chi connectivity index (χ0n) is 9.69. The highest BCUT2D eigenvalue weighted by molar-refractivity contribution is 7.92. The van der Waals surface area contributed by atoms with Crippen molar-refractivity contribution in [3.05, 3.63) is 18.3 Å². The molecule has 16 heavy (non-hydrogen) atoms. The predicted octanol–water partition coefficient (Wildman–Crippen LogP) is 1.45. The number of nitrogens with two attached hydrogens (primary N) is 1. The van der Waals surface area contributed by atoms with E-state index in [-0.39, 0.29) is 17.0 Å². The molecule has 0 spiro atoms. The Morgan fingerprint density at radius 2 is 2.06 bits per heavy atom. The molecule has 3 N–H and O–H groups in total. The van der Waals surface area contributed by atoms with Gasteiger partial charge in [-0.2, -0.15) is 0 Å². The van der Waals surface area contributed by atoms with Crippen LogP contribution in [-0.2, 0) is 10.0 Å². The van der Waals surface area contributed by atoms with E-state index < -0.39 is 10.0 Å². The van der Waals surface area contributed by atoms with Crippen molar-refractivity contribution in [3.8, 4) is 0 Å². The molecule has 0 atom stereocenters. The second kappa shape index (κ2) is 4.29. The first-order valence-corrected chi connectivity index (χ1v) is 6.56. The normalized spacial score (nSPS) is 12.4. The fourth-order valence-electron chi connectivity index (χ4n) is 1.26. The highest BCUT2D eigenvalue weighted by Crippen LogP contribution is 2.20. The molecule has 0 aliphatic carbocycles. The number of hydrogen-bond donors (Lipinski definition) is 2. The SMILES string of the molecule is CC(C)(C)CS(=O)(=O)Nc1ncccc1N. The number of aromatic nitrogens is 1. The number of nitrogens with zero attached hydrogens (tertiary/aromatic N) is 1. The summed E-state index contributed by atoms with van der Waals surface area (Å²) in [4.78, 5) is 3.88. The quantitative estimate of drug-likeness (QED) is 0.841. The van der Waals surface area contributed by atoms with Crippen molar-refractivity contribution in [2.24, 2.45) is 5.41 Å². The minimum absolute atomic E-state index is 0.0238. The molecule has 90 valence electrons. The molecule has 0 aliphatic rings. The molecule has 1 rings (SSSR count). The van der Waals surface area contributed by atoms with E-state index >= 15 is 0 Å². The first kappa shape index (κ1) is 12.8. The van der Waals surface area contributed by atoms with Crippen LogP contribution in [0.15, 0.2) is 18.3 Å². The Kier molecular flexibility index (Phi) is 3.42. The van der Waals surface area contributed by atoms with E-state index in [0.29, 0.717) is 5.69 Å². The van der Waals surface area contributed by atoms with Crippen LogP contribution in [0.5, 0.6) is 0 Å². The van der Waals surface area contributed by atoms with Gasteiger partial charge in [0, 0.05) is 6.20 Å². The highest BCUT2D eigenvalue weighted by atomic mass is 32.2. The number of nitrogen functional groups attached to an aromatic ring is 1. The number of nitrogens with one attached hydrogen (secondary N) is 1. The molecule has 0 radical (unpaired) electrons. The van der Waals surface area contributed by atoms with Crippen molar-refractivity contribution in [1.29, 1.82) is 0 Å². The maximum absolute atomic E-state index is 11.8. The Hall–Kier alpha value is -1.30. The number of anilines is 2. The van der Waals surface area contributed by atoms with Crippen molar-refractivity contribution in [2.75, 3.05) is 16.2 Å². The average molecular weight is 243 g/mol. The number of sulfonamides is 1. The third kappa shape index (κ3) is 4.06. The Morgan fingerprint density at radius 3 is 2.56 bits per heavy atom. The molecule has 0 saturated heterocycles. The fraction of sp³-hybridized carbons (Fsp3) is 0.500. The Labute approximate surface area is 96.1 Å². The Balaban J connectivity index is 2.86. The van der Waals surface area contributed by atoms with Crippen LogP contribution >= 0.6 is 0 Å². The van der Waals surface area contributed by atoms with Gasteiger partial charge >= 0.3 is 0 Å². The molecule has 0 saturated carbocycles. The van der Waals surface area contributed by atoms with E-state index in [2.05, 4.69) is 9.71 Å². The van der Waals surface area contributed by atoms with Crippen LogP contribution in [-0.4, -0.2) is 19.2 Å². The molecular weight excluding hydrogens is 226 g/mol. The topological polar surface area (TPSA) is 85.1 Å². The lowest BCUT2D eigenvalue weighted by Gasteiger charge is -2.18. The van der Waals surface area contributed by atoms with Gasteiger partial charge < -0.3 is 5.73 Å². The lowest BCUT2D eigenvalue weighted by Crippen LogP contribution is -2.26. The first-order valence-electron chi connectivity index (χ1n) is 4.91. The zero-order chi connectivity index (χ0) is 12.4. The molecule has 0 fully saturated rings. The van der Waals surface area contributed by atoms with Gasteiger partial charge in [0.15, 0.2) is 5.82 Å². The summed E-state index contributed by atoms with van der Waals surface area (Å²) in [5.41, 5.74) is 5.61. The number of hydrogen-bond acceptors (Lipinski definition) is 4. The number of rotatable bonds is 3. The number of pyridine rings is 1. The van der Waals surface area contributed by atoms with Crippen LogP contribution in [0.2, 0.25) is 0 Å². The molecule has 0 amide bonds. The van der Waals surface area contributed by atoms with Crippen molar-refractivity contribution in [3.63, 3.8) is 0 Å². The molecule has 0 unspecified atom stereocenters. The molecule has 5 nitrogen and oxygen atoms in total. The largest absolute Gasteiger partial charge is 0.396 e. The lowest BCUT2D eigenvalue weighted by atomic mass is 10.0. The summed E-state index contributed by atoms with van der Waals surface area (Å²) in [5.74, 6) is 0.211. The Morgan fingerprint density at radius 1 is 1.44 bits per heavy atom. The van der Waals surface area contributed by atoms with Crippen molar-refractivity contribution in [1.82, 2.24) is 4.98 Å². The van der Waals surface area contributed by atoms with Crippen molar-refractivity contribution in [2.45, 2.75) is 20.8 Å². The van der Waals surface area contributed by atoms with Gasteiger partial charge in [0.25, 0.3) is 0 Å². The summed E-state index contributed by atoms with van der Waals surface area (Å²) in [6.07, 6.45) is 1.49. The molecule has 6 heteroatoms. The molecule has 0 aliphatic heterocycles. The van der Waals surface area contributed by atoms with E-state index in [1.165, 1.54) is 6.20 Å². The van der Waals surface area contributed by atoms with Crippen molar-refractivity contribution >= 4 is 21.5 Å². The van der Waals surface area contributed by atoms with Gasteiger partial charge in [-0.15, -0.1) is 0 Å². The summed E-state index contributed by atoms with van der Waals surface area (Å²) in [5, 5.41) is 0. The summed E-state index contributed by atoms with van der Waals surface area (Å²) in [6, 6.07) is 3.25. The van der Waals surface area contributed by atoms with E-state index in [0.717, 1.165) is 0 Å². The van der Waals surface area contributed by atoms with E-state index in [1.54, 1.807) is 12.1 Å². The Bertz CT molecular complexity index is 463. The standard InChI is InChI=1S/C10H17N3O2S/c1-10(2,3)7-16(14,15)13-9-8(11)5-4-6-12-9/h4-6H,7,11H2,1-3H3,(H,12,13). The van der Waals surface area contributed by atoms with Gasteiger partial charge in [-0.25, -0.2) is 13.4 Å². The molecule has 0 bridgehead atoms. The van der Waals surface area contributed by atoms with Gasteiger partial charge in [0.1, 0.15) is 0 Å². The predicted molar refractivity (Wildman–Crippen MR) is 65.5 cm³/mol. The van der Waals surface area contributed by atoms with Crippen molar-refractivity contribution < 1.29 is 8.42 Å². The minimum atomic E-state index is -3.41. The average Bonchev–Trinajstić information content (AvgIpc) is 2.04. The van der Waals surface area contributed by atoms with E-state index in [9.17, 15) is 8.42 Å². The summed E-state index contributed by atoms with van der Waals surface area (Å²) < 4.78 is 25.9. The van der Waals surface area contributed by atoms with Gasteiger partial charge in [0.2, 0.25) is 10.0 Å². The lowest BCUT2D eigenvalue weighted by molar-refractivity contribution is 0.463. The van der Waals surface area contributed by atoms with Gasteiger partial charge in [0.05, 0.1) is 11.4 Å². The van der Waals surface area contributed by atoms with Crippen LogP contribution in [0, 0.1) is 5.41 Å². The van der Waals surface area contributed by atoms with E-state index in [1.807, 2.05) is 20.8 Å². The summed E-state index contributed by atoms with van der Waals surface area (Å²) >= 11 is 0. The molecule has 1 heterocycles. The van der Waals surface area contributed by atoms with Crippen LogP contribution in [0.3, 0.4) is 0 Å². The third-order valence-electron chi connectivity index (χ3n) is 1.71. The third-order valence-corrected chi connectivity index (χ3v) is 3.46. The smallest absolute Gasteiger partial charge is 0.234 e. The molecule has 0 aromatic carbocycles. The second-order valence-corrected chi connectivity index (χ2v) is 6.59. The van der Waals surface area contributed by atoms with Crippen LogP contribution in [0.25, 0.3) is 0 Å². The molecule has 1 aromatic heterocycles. The van der Waals surface area contributed by atoms with Crippen LogP contribution < -0.4 is 10.5 Å². The zero-order valence-corrected chi connectivity index (χ0v) is 10.5. The summed E-state index contributed by atoms with van der Waals surface area (Å²) in [6.45, 7) is 5.57. The van der Waals surface area contributed by atoms with Crippen LogP contribution in [0.4, 0.5) is 11.5 Å². The molecule has 1 aromatic rings. The monoisotopic (exact) mass is 243 g/mol. The van der Waals surface area contributed by atoms with Crippen LogP contribution in [0.1, 0.15) is 20.8 Å². The van der Waals surface area contributed by atoms with E-state index in [4.69, 9.17) is 5.73 Å².